The van der Waals surface area contributed by atoms with Gasteiger partial charge in [-0.15, -0.1) is 0 Å². The number of imidazole rings is 1. The van der Waals surface area contributed by atoms with Gasteiger partial charge in [0, 0.05) is 26.7 Å². The summed E-state index contributed by atoms with van der Waals surface area (Å²) in [5.74, 6) is -0.384. The van der Waals surface area contributed by atoms with Crippen molar-refractivity contribution in [1.82, 2.24) is 28.9 Å². The average Bonchev–Trinajstić information content (AvgIpc) is 3.09. The molecule has 1 aromatic carbocycles. The number of aryl methyl sites for hydroxylation is 2. The van der Waals surface area contributed by atoms with E-state index in [0.717, 1.165) is 11.0 Å². The van der Waals surface area contributed by atoms with Crippen LogP contribution < -0.4 is 16.6 Å². The van der Waals surface area contributed by atoms with Crippen LogP contribution in [-0.4, -0.2) is 56.2 Å². The summed E-state index contributed by atoms with van der Waals surface area (Å²) in [6.45, 7) is 0.0713. The largest absolute Gasteiger partial charge is 0.353 e. The molecule has 0 spiro atoms. The van der Waals surface area contributed by atoms with Crippen molar-refractivity contribution in [3.05, 3.63) is 63.1 Å². The number of benzene rings is 1. The predicted molar refractivity (Wildman–Crippen MR) is 111 cm³/mol. The Labute approximate surface area is 168 Å². The van der Waals surface area contributed by atoms with E-state index in [1.807, 2.05) is 49.3 Å². The lowest BCUT2D eigenvalue weighted by Crippen LogP contribution is -2.46. The third-order valence-corrected chi connectivity index (χ3v) is 5.08. The van der Waals surface area contributed by atoms with Crippen LogP contribution in [0.5, 0.6) is 0 Å². The van der Waals surface area contributed by atoms with Crippen molar-refractivity contribution in [3.8, 4) is 0 Å². The molecule has 2 heterocycles. The molecule has 154 valence electrons. The molecule has 0 radical (unpaired) electrons. The van der Waals surface area contributed by atoms with Crippen molar-refractivity contribution < 1.29 is 4.79 Å². The van der Waals surface area contributed by atoms with Gasteiger partial charge < -0.3 is 14.8 Å². The Morgan fingerprint density at radius 1 is 1.17 bits per heavy atom. The molecule has 2 aromatic heterocycles. The van der Waals surface area contributed by atoms with Gasteiger partial charge in [-0.3, -0.25) is 14.2 Å². The summed E-state index contributed by atoms with van der Waals surface area (Å²) in [6.07, 6.45) is 2.25. The Bertz CT molecular complexity index is 1130. The van der Waals surface area contributed by atoms with Crippen LogP contribution >= 0.6 is 0 Å². The lowest BCUT2D eigenvalue weighted by atomic mass is 10.1. The zero-order valence-electron chi connectivity index (χ0n) is 17.1. The molecule has 3 aromatic rings. The van der Waals surface area contributed by atoms with E-state index in [4.69, 9.17) is 0 Å². The quantitative estimate of drug-likeness (QED) is 0.591. The molecular weight excluding hydrogens is 372 g/mol. The van der Waals surface area contributed by atoms with Crippen molar-refractivity contribution in [2.24, 2.45) is 14.1 Å². The normalized spacial score (nSPS) is 12.4. The molecule has 0 saturated heterocycles. The molecule has 1 amide bonds. The Morgan fingerprint density at radius 2 is 1.86 bits per heavy atom. The van der Waals surface area contributed by atoms with Crippen molar-refractivity contribution in [1.29, 1.82) is 0 Å². The highest BCUT2D eigenvalue weighted by Crippen LogP contribution is 2.06. The molecule has 0 fully saturated rings. The first-order valence-corrected chi connectivity index (χ1v) is 9.37. The first-order valence-electron chi connectivity index (χ1n) is 9.37. The highest BCUT2D eigenvalue weighted by atomic mass is 16.2. The summed E-state index contributed by atoms with van der Waals surface area (Å²) in [4.78, 5) is 43.9. The summed E-state index contributed by atoms with van der Waals surface area (Å²) >= 11 is 0. The maximum atomic E-state index is 12.7. The van der Waals surface area contributed by atoms with Gasteiger partial charge in [-0.2, -0.15) is 0 Å². The number of carbonyl (C=O) groups excluding carboxylic acids is 1. The molecule has 0 aliphatic carbocycles. The molecule has 0 bridgehead atoms. The number of hydrogen-bond acceptors (Lipinski definition) is 5. The first-order chi connectivity index (χ1) is 13.8. The number of carbonyl (C=O) groups is 1. The van der Waals surface area contributed by atoms with Gasteiger partial charge >= 0.3 is 5.69 Å². The molecule has 3 rings (SSSR count). The summed E-state index contributed by atoms with van der Waals surface area (Å²) < 4.78 is 3.77. The van der Waals surface area contributed by atoms with Crippen LogP contribution in [0.4, 0.5) is 0 Å². The summed E-state index contributed by atoms with van der Waals surface area (Å²) in [5, 5.41) is 2.85. The fourth-order valence-corrected chi connectivity index (χ4v) is 3.29. The van der Waals surface area contributed by atoms with Crippen LogP contribution in [0.1, 0.15) is 5.56 Å². The van der Waals surface area contributed by atoms with E-state index in [2.05, 4.69) is 10.3 Å². The van der Waals surface area contributed by atoms with Gasteiger partial charge in [0.05, 0.1) is 6.33 Å². The number of amides is 1. The molecule has 0 aliphatic heterocycles. The number of aromatic nitrogens is 4. The van der Waals surface area contributed by atoms with Crippen LogP contribution in [0.3, 0.4) is 0 Å². The Morgan fingerprint density at radius 3 is 2.52 bits per heavy atom. The van der Waals surface area contributed by atoms with Gasteiger partial charge in [0.2, 0.25) is 5.91 Å². The van der Waals surface area contributed by atoms with Gasteiger partial charge in [0.1, 0.15) is 6.54 Å². The minimum absolute atomic E-state index is 0.0838. The van der Waals surface area contributed by atoms with Crippen molar-refractivity contribution in [3.63, 3.8) is 0 Å². The molecule has 9 heteroatoms. The summed E-state index contributed by atoms with van der Waals surface area (Å²) in [7, 11) is 7.12. The fraction of sp³-hybridized carbons (Fsp3) is 0.400. The number of nitrogens with zero attached hydrogens (tertiary/aromatic N) is 5. The zero-order valence-corrected chi connectivity index (χ0v) is 17.1. The minimum Gasteiger partial charge on any atom is -0.353 e. The average molecular weight is 398 g/mol. The maximum Gasteiger partial charge on any atom is 0.332 e. The molecule has 0 saturated carbocycles. The number of hydrogen-bond donors (Lipinski definition) is 1. The molecule has 1 unspecified atom stereocenters. The fourth-order valence-electron chi connectivity index (χ4n) is 3.29. The van der Waals surface area contributed by atoms with E-state index in [1.54, 1.807) is 11.6 Å². The molecule has 1 atom stereocenters. The van der Waals surface area contributed by atoms with Gasteiger partial charge in [0.25, 0.3) is 5.56 Å². The van der Waals surface area contributed by atoms with Gasteiger partial charge in [-0.05, 0) is 26.1 Å². The second-order valence-electron chi connectivity index (χ2n) is 7.37. The van der Waals surface area contributed by atoms with Crippen LogP contribution in [0.15, 0.2) is 46.2 Å². The monoisotopic (exact) mass is 398 g/mol. The Balaban J connectivity index is 1.74. The third kappa shape index (κ3) is 4.29. The molecule has 29 heavy (non-hydrogen) atoms. The van der Waals surface area contributed by atoms with E-state index >= 15 is 0 Å². The maximum absolute atomic E-state index is 12.7. The van der Waals surface area contributed by atoms with Crippen molar-refractivity contribution in [2.75, 3.05) is 20.6 Å². The Hall–Kier alpha value is -3.20. The van der Waals surface area contributed by atoms with Crippen molar-refractivity contribution in [2.45, 2.75) is 19.0 Å². The van der Waals surface area contributed by atoms with Gasteiger partial charge in [-0.1, -0.05) is 30.3 Å². The highest BCUT2D eigenvalue weighted by molar-refractivity contribution is 5.76. The van der Waals surface area contributed by atoms with Gasteiger partial charge in [0.15, 0.2) is 11.2 Å². The van der Waals surface area contributed by atoms with E-state index in [9.17, 15) is 14.4 Å². The van der Waals surface area contributed by atoms with Crippen LogP contribution in [0.25, 0.3) is 11.2 Å². The van der Waals surface area contributed by atoms with E-state index in [-0.39, 0.29) is 24.0 Å². The highest BCUT2D eigenvalue weighted by Gasteiger charge is 2.18. The van der Waals surface area contributed by atoms with Crippen LogP contribution in [0.2, 0.25) is 0 Å². The number of likely N-dealkylation sites (N-methyl/N-ethyl adjacent to an activating group) is 1. The van der Waals surface area contributed by atoms with E-state index in [0.29, 0.717) is 12.2 Å². The lowest BCUT2D eigenvalue weighted by molar-refractivity contribution is -0.122. The summed E-state index contributed by atoms with van der Waals surface area (Å²) in [5.41, 5.74) is 0.675. The standard InChI is InChI=1S/C20H26N6O3/c1-23(2)15(10-14-8-6-5-7-9-14)11-21-16(27)12-26-19(28)17-18(22-13-24(17)3)25(4)20(26)29/h5-9,13,15H,10-12H2,1-4H3,(H,21,27). The molecule has 0 aliphatic rings. The minimum atomic E-state index is -0.565. The van der Waals surface area contributed by atoms with Crippen molar-refractivity contribution >= 4 is 17.1 Å². The zero-order chi connectivity index (χ0) is 21.1. The van der Waals surface area contributed by atoms with Gasteiger partial charge in [-0.25, -0.2) is 14.3 Å². The molecule has 9 nitrogen and oxygen atoms in total. The van der Waals surface area contributed by atoms with E-state index < -0.39 is 11.2 Å². The SMILES string of the molecule is CN(C)C(CNC(=O)Cn1c(=O)c2c(ncn2C)n(C)c1=O)Cc1ccccc1. The number of nitrogens with one attached hydrogen (secondary N) is 1. The summed E-state index contributed by atoms with van der Waals surface area (Å²) in [6, 6.07) is 10.1. The first kappa shape index (κ1) is 20.5. The number of rotatable bonds is 7. The second kappa shape index (κ2) is 8.44. The molecular formula is C20H26N6O3. The van der Waals surface area contributed by atoms with Crippen LogP contribution in [0, 0.1) is 0 Å². The van der Waals surface area contributed by atoms with E-state index in [1.165, 1.54) is 23.5 Å². The third-order valence-electron chi connectivity index (χ3n) is 5.08. The predicted octanol–water partition coefficient (Wildman–Crippen LogP) is -0.277. The topological polar surface area (TPSA) is 94.2 Å². The van der Waals surface area contributed by atoms with Crippen LogP contribution in [-0.2, 0) is 31.9 Å². The second-order valence-corrected chi connectivity index (χ2v) is 7.37. The number of fused-ring (bicyclic) bond motifs is 1. The smallest absolute Gasteiger partial charge is 0.332 e. The Kier molecular flexibility index (Phi) is 5.97. The molecule has 1 N–H and O–H groups in total. The lowest BCUT2D eigenvalue weighted by Gasteiger charge is -2.25.